The van der Waals surface area contributed by atoms with E-state index >= 15 is 0 Å². The van der Waals surface area contributed by atoms with E-state index in [0.29, 0.717) is 32.4 Å². The second-order valence-corrected chi connectivity index (χ2v) is 4.93. The molecule has 4 nitrogen and oxygen atoms in total. The lowest BCUT2D eigenvalue weighted by Crippen LogP contribution is -2.06. The van der Waals surface area contributed by atoms with Crippen LogP contribution in [0.2, 0.25) is 10.0 Å². The zero-order valence-corrected chi connectivity index (χ0v) is 11.6. The van der Waals surface area contributed by atoms with E-state index in [2.05, 4.69) is 9.97 Å². The molecule has 2 aromatic carbocycles. The molecular weight excluding hydrogens is 299 g/mol. The molecule has 0 radical (unpaired) electrons. The van der Waals surface area contributed by atoms with Crippen LogP contribution in [0.15, 0.2) is 47.5 Å². The number of fused-ring (bicyclic) bond motifs is 1. The zero-order chi connectivity index (χ0) is 14.1. The van der Waals surface area contributed by atoms with Crippen molar-refractivity contribution in [3.63, 3.8) is 0 Å². The molecule has 0 unspecified atom stereocenters. The van der Waals surface area contributed by atoms with E-state index in [9.17, 15) is 4.79 Å². The summed E-state index contributed by atoms with van der Waals surface area (Å²) in [7, 11) is 0. The van der Waals surface area contributed by atoms with Crippen LogP contribution in [0.5, 0.6) is 11.5 Å². The number of aromatic nitrogens is 2. The van der Waals surface area contributed by atoms with Crippen LogP contribution in [0.1, 0.15) is 0 Å². The normalized spacial score (nSPS) is 10.7. The number of halogens is 2. The van der Waals surface area contributed by atoms with Gasteiger partial charge in [0.1, 0.15) is 11.5 Å². The molecule has 0 aliphatic carbocycles. The van der Waals surface area contributed by atoms with Gasteiger partial charge in [-0.3, -0.25) is 4.79 Å². The van der Waals surface area contributed by atoms with Crippen LogP contribution in [0.3, 0.4) is 0 Å². The largest absolute Gasteiger partial charge is 0.456 e. The van der Waals surface area contributed by atoms with E-state index < -0.39 is 0 Å². The number of hydrogen-bond acceptors (Lipinski definition) is 3. The van der Waals surface area contributed by atoms with Gasteiger partial charge in [0, 0.05) is 5.02 Å². The van der Waals surface area contributed by atoms with Crippen molar-refractivity contribution in [3.05, 3.63) is 63.1 Å². The molecule has 0 saturated carbocycles. The van der Waals surface area contributed by atoms with Gasteiger partial charge in [-0.05, 0) is 36.4 Å². The highest BCUT2D eigenvalue weighted by Crippen LogP contribution is 2.32. The minimum absolute atomic E-state index is 0.243. The van der Waals surface area contributed by atoms with Crippen LogP contribution in [0, 0.1) is 0 Å². The number of nitrogens with zero attached hydrogens (tertiary/aromatic N) is 1. The molecule has 0 fully saturated rings. The van der Waals surface area contributed by atoms with Crippen molar-refractivity contribution in [2.75, 3.05) is 0 Å². The maximum Gasteiger partial charge on any atom is 0.258 e. The summed E-state index contributed by atoms with van der Waals surface area (Å²) in [6.07, 6.45) is 1.33. The van der Waals surface area contributed by atoms with E-state index in [0.717, 1.165) is 0 Å². The summed E-state index contributed by atoms with van der Waals surface area (Å²) < 4.78 is 5.66. The number of ether oxygens (including phenoxy) is 1. The fourth-order valence-corrected chi connectivity index (χ4v) is 2.10. The highest BCUT2D eigenvalue weighted by molar-refractivity contribution is 6.32. The Balaban J connectivity index is 2.07. The number of aromatic amines is 1. The molecule has 100 valence electrons. The fraction of sp³-hybridized carbons (Fsp3) is 0. The Morgan fingerprint density at radius 3 is 2.60 bits per heavy atom. The van der Waals surface area contributed by atoms with Gasteiger partial charge in [-0.2, -0.15) is 0 Å². The van der Waals surface area contributed by atoms with Gasteiger partial charge < -0.3 is 9.72 Å². The minimum atomic E-state index is -0.243. The molecule has 1 heterocycles. The first kappa shape index (κ1) is 13.0. The van der Waals surface area contributed by atoms with E-state index in [4.69, 9.17) is 27.9 Å². The van der Waals surface area contributed by atoms with E-state index in [1.54, 1.807) is 36.4 Å². The van der Waals surface area contributed by atoms with Crippen molar-refractivity contribution in [2.24, 2.45) is 0 Å². The van der Waals surface area contributed by atoms with Crippen LogP contribution in [-0.4, -0.2) is 9.97 Å². The SMILES string of the molecule is O=c1[nH]cnc2cc(Cl)c(Oc3ccc(Cl)cc3)cc12. The Kier molecular flexibility index (Phi) is 3.34. The van der Waals surface area contributed by atoms with Crippen molar-refractivity contribution in [1.29, 1.82) is 0 Å². The molecule has 0 saturated heterocycles. The first-order chi connectivity index (χ1) is 9.63. The van der Waals surface area contributed by atoms with Crippen molar-refractivity contribution >= 4 is 34.1 Å². The van der Waals surface area contributed by atoms with Crippen LogP contribution in [-0.2, 0) is 0 Å². The number of hydrogen-bond donors (Lipinski definition) is 1. The summed E-state index contributed by atoms with van der Waals surface area (Å²) in [5.41, 5.74) is 0.273. The predicted molar refractivity (Wildman–Crippen MR) is 78.9 cm³/mol. The van der Waals surface area contributed by atoms with Crippen LogP contribution >= 0.6 is 23.2 Å². The molecule has 0 atom stereocenters. The van der Waals surface area contributed by atoms with Crippen molar-refractivity contribution < 1.29 is 4.74 Å². The zero-order valence-electron chi connectivity index (χ0n) is 10.1. The lowest BCUT2D eigenvalue weighted by Gasteiger charge is -2.08. The maximum absolute atomic E-state index is 11.7. The highest BCUT2D eigenvalue weighted by atomic mass is 35.5. The topological polar surface area (TPSA) is 55.0 Å². The van der Waals surface area contributed by atoms with Crippen LogP contribution in [0.4, 0.5) is 0 Å². The lowest BCUT2D eigenvalue weighted by atomic mass is 10.2. The Hall–Kier alpha value is -2.04. The Bertz CT molecular complexity index is 829. The van der Waals surface area contributed by atoms with E-state index in [1.807, 2.05) is 0 Å². The second-order valence-electron chi connectivity index (χ2n) is 4.09. The molecule has 1 aromatic heterocycles. The molecular formula is C14H8Cl2N2O2. The first-order valence-corrected chi connectivity index (χ1v) is 6.49. The van der Waals surface area contributed by atoms with Crippen LogP contribution < -0.4 is 10.3 Å². The third kappa shape index (κ3) is 2.48. The summed E-state index contributed by atoms with van der Waals surface area (Å²) in [4.78, 5) is 18.3. The fourth-order valence-electron chi connectivity index (χ4n) is 1.78. The molecule has 6 heteroatoms. The second kappa shape index (κ2) is 5.15. The molecule has 0 aliphatic heterocycles. The van der Waals surface area contributed by atoms with E-state index in [1.165, 1.54) is 6.33 Å². The van der Waals surface area contributed by atoms with Gasteiger partial charge in [-0.25, -0.2) is 4.98 Å². The third-order valence-electron chi connectivity index (χ3n) is 2.74. The summed E-state index contributed by atoms with van der Waals surface area (Å²) >= 11 is 11.9. The van der Waals surface area contributed by atoms with Gasteiger partial charge in [0.2, 0.25) is 0 Å². The molecule has 20 heavy (non-hydrogen) atoms. The summed E-state index contributed by atoms with van der Waals surface area (Å²) in [6.45, 7) is 0. The number of benzene rings is 2. The molecule has 0 spiro atoms. The molecule has 1 N–H and O–H groups in total. The minimum Gasteiger partial charge on any atom is -0.456 e. The van der Waals surface area contributed by atoms with Gasteiger partial charge in [-0.1, -0.05) is 23.2 Å². The van der Waals surface area contributed by atoms with Gasteiger partial charge in [0.15, 0.2) is 0 Å². The summed E-state index contributed by atoms with van der Waals surface area (Å²) in [5, 5.41) is 1.41. The van der Waals surface area contributed by atoms with Crippen molar-refractivity contribution in [2.45, 2.75) is 0 Å². The highest BCUT2D eigenvalue weighted by Gasteiger charge is 2.08. The summed E-state index contributed by atoms with van der Waals surface area (Å²) in [6, 6.07) is 10.0. The lowest BCUT2D eigenvalue weighted by molar-refractivity contribution is 0.483. The summed E-state index contributed by atoms with van der Waals surface area (Å²) in [5.74, 6) is 0.968. The Morgan fingerprint density at radius 1 is 1.10 bits per heavy atom. The van der Waals surface area contributed by atoms with Crippen molar-refractivity contribution in [3.8, 4) is 11.5 Å². The Labute approximate surface area is 123 Å². The van der Waals surface area contributed by atoms with E-state index in [-0.39, 0.29) is 5.56 Å². The van der Waals surface area contributed by atoms with Gasteiger partial charge in [0.25, 0.3) is 5.56 Å². The molecule has 0 amide bonds. The quantitative estimate of drug-likeness (QED) is 0.778. The maximum atomic E-state index is 11.7. The standard InChI is InChI=1S/C14H8Cl2N2O2/c15-8-1-3-9(4-2-8)20-13-5-10-12(6-11(13)16)17-7-18-14(10)19/h1-7H,(H,17,18,19). The van der Waals surface area contributed by atoms with Gasteiger partial charge >= 0.3 is 0 Å². The molecule has 3 aromatic rings. The monoisotopic (exact) mass is 306 g/mol. The van der Waals surface area contributed by atoms with Gasteiger partial charge in [0.05, 0.1) is 22.3 Å². The molecule has 0 bridgehead atoms. The molecule has 0 aliphatic rings. The van der Waals surface area contributed by atoms with Crippen molar-refractivity contribution in [1.82, 2.24) is 9.97 Å². The Morgan fingerprint density at radius 2 is 1.85 bits per heavy atom. The third-order valence-corrected chi connectivity index (χ3v) is 3.28. The number of H-pyrrole nitrogens is 1. The van der Waals surface area contributed by atoms with Crippen LogP contribution in [0.25, 0.3) is 10.9 Å². The number of rotatable bonds is 2. The average molecular weight is 307 g/mol. The smallest absolute Gasteiger partial charge is 0.258 e. The molecule has 3 rings (SSSR count). The average Bonchev–Trinajstić information content (AvgIpc) is 2.43. The number of nitrogens with one attached hydrogen (secondary N) is 1. The first-order valence-electron chi connectivity index (χ1n) is 5.74. The van der Waals surface area contributed by atoms with Gasteiger partial charge in [-0.15, -0.1) is 0 Å². The predicted octanol–water partition coefficient (Wildman–Crippen LogP) is 4.02.